The Morgan fingerprint density at radius 1 is 1.00 bits per heavy atom. The molecule has 0 aromatic rings. The Labute approximate surface area is 93.5 Å². The first-order valence-corrected chi connectivity index (χ1v) is 2.38. The molecule has 2 radical (unpaired) electrons. The molecule has 0 unspecified atom stereocenters. The second-order valence-electron chi connectivity index (χ2n) is 1.20. The predicted molar refractivity (Wildman–Crippen MR) is 39.1 cm³/mol. The summed E-state index contributed by atoms with van der Waals surface area (Å²) < 4.78 is 0. The minimum atomic E-state index is -0.968. The fourth-order valence-corrected chi connectivity index (χ4v) is 0. The Hall–Kier alpha value is 0.120. The van der Waals surface area contributed by atoms with E-state index >= 15 is 0 Å². The van der Waals surface area contributed by atoms with Crippen molar-refractivity contribution in [2.75, 3.05) is 13.1 Å². The van der Waals surface area contributed by atoms with Crippen LogP contribution in [0.2, 0.25) is 0 Å². The third kappa shape index (κ3) is 39.3. The Morgan fingerprint density at radius 3 is 1.09 bits per heavy atom. The summed E-state index contributed by atoms with van der Waals surface area (Å²) in [6.07, 6.45) is 0. The van der Waals surface area contributed by atoms with Crippen LogP contribution in [-0.2, 0) is 9.59 Å². The molecular weight excluding hydrogens is 180 g/mol. The van der Waals surface area contributed by atoms with Crippen LogP contribution in [0.4, 0.5) is 0 Å². The van der Waals surface area contributed by atoms with E-state index in [1.807, 2.05) is 0 Å². The molecule has 0 amide bonds. The molecule has 0 atom stereocenters. The number of carbonyl (C=O) groups is 2. The molecule has 0 aromatic heterocycles. The smallest absolute Gasteiger partial charge is 0.317 e. The number of nitrogens with two attached hydrogens (primary N) is 2. The maximum absolute atomic E-state index is 9.24. The van der Waals surface area contributed by atoms with Gasteiger partial charge in [-0.05, 0) is 0 Å². The molecule has 7 heteroatoms. The molecule has 0 heterocycles. The number of hydrogen-bond acceptors (Lipinski definition) is 4. The molecule has 6 nitrogen and oxygen atoms in total. The van der Waals surface area contributed by atoms with Gasteiger partial charge in [0.1, 0.15) is 0 Å². The number of rotatable bonds is 2. The zero-order valence-electron chi connectivity index (χ0n) is 5.99. The van der Waals surface area contributed by atoms with Crippen molar-refractivity contribution in [3.05, 3.63) is 0 Å². The second-order valence-corrected chi connectivity index (χ2v) is 1.20. The molecule has 11 heavy (non-hydrogen) atoms. The van der Waals surface area contributed by atoms with E-state index in [0.29, 0.717) is 0 Å². The zero-order valence-corrected chi connectivity index (χ0v) is 8.20. The third-order valence-corrected chi connectivity index (χ3v) is 0.349. The van der Waals surface area contributed by atoms with Gasteiger partial charge in [0.2, 0.25) is 0 Å². The summed E-state index contributed by atoms with van der Waals surface area (Å²) in [6, 6.07) is 0. The fraction of sp³-hybridized carbons (Fsp3) is 0.500. The molecular formula is C4H10CaN2O4. The van der Waals surface area contributed by atoms with E-state index in [4.69, 9.17) is 10.2 Å². The maximum Gasteiger partial charge on any atom is 0.317 e. The number of carboxylic acid groups (broad SMARTS) is 2. The summed E-state index contributed by atoms with van der Waals surface area (Å²) >= 11 is 0. The summed E-state index contributed by atoms with van der Waals surface area (Å²) in [5.41, 5.74) is 9.14. The monoisotopic (exact) mass is 190 g/mol. The molecule has 0 rings (SSSR count). The molecule has 0 saturated heterocycles. The zero-order chi connectivity index (χ0) is 8.57. The summed E-state index contributed by atoms with van der Waals surface area (Å²) in [7, 11) is 0. The van der Waals surface area contributed by atoms with Crippen LogP contribution in [0.1, 0.15) is 0 Å². The average molecular weight is 190 g/mol. The van der Waals surface area contributed by atoms with E-state index in [2.05, 4.69) is 11.5 Å². The Kier molecular flexibility index (Phi) is 20.0. The fourth-order valence-electron chi connectivity index (χ4n) is 0. The van der Waals surface area contributed by atoms with Gasteiger partial charge < -0.3 is 21.7 Å². The summed E-state index contributed by atoms with van der Waals surface area (Å²) in [6.45, 7) is -0.556. The molecule has 0 saturated carbocycles. The van der Waals surface area contributed by atoms with Gasteiger partial charge in [0.25, 0.3) is 0 Å². The SMILES string of the molecule is NCC(=O)O.NCC(=O)O.[Ca]. The normalized spacial score (nSPS) is 6.73. The predicted octanol–water partition coefficient (Wildman–Crippen LogP) is -2.32. The van der Waals surface area contributed by atoms with Crippen LogP contribution in [-0.4, -0.2) is 73.0 Å². The van der Waals surface area contributed by atoms with Crippen LogP contribution in [0.15, 0.2) is 0 Å². The topological polar surface area (TPSA) is 127 Å². The Bertz CT molecular complexity index is 105. The van der Waals surface area contributed by atoms with Crippen molar-refractivity contribution in [1.29, 1.82) is 0 Å². The largest absolute Gasteiger partial charge is 0.480 e. The van der Waals surface area contributed by atoms with E-state index in [1.54, 1.807) is 0 Å². The van der Waals surface area contributed by atoms with Gasteiger partial charge in [-0.3, -0.25) is 9.59 Å². The molecule has 0 spiro atoms. The van der Waals surface area contributed by atoms with Crippen molar-refractivity contribution < 1.29 is 19.8 Å². The van der Waals surface area contributed by atoms with Gasteiger partial charge in [-0.25, -0.2) is 0 Å². The molecule has 0 aliphatic heterocycles. The van der Waals surface area contributed by atoms with E-state index in [1.165, 1.54) is 0 Å². The maximum atomic E-state index is 9.24. The Balaban J connectivity index is -0.000000107. The summed E-state index contributed by atoms with van der Waals surface area (Å²) in [4.78, 5) is 18.5. The van der Waals surface area contributed by atoms with Gasteiger partial charge in [0.15, 0.2) is 0 Å². The van der Waals surface area contributed by atoms with E-state index < -0.39 is 11.9 Å². The molecule has 6 N–H and O–H groups in total. The number of carboxylic acids is 2. The molecule has 0 fully saturated rings. The van der Waals surface area contributed by atoms with Gasteiger partial charge in [0, 0.05) is 37.7 Å². The first kappa shape index (κ1) is 17.3. The number of aliphatic carboxylic acids is 2. The Morgan fingerprint density at radius 2 is 1.09 bits per heavy atom. The van der Waals surface area contributed by atoms with Gasteiger partial charge in [-0.15, -0.1) is 0 Å². The van der Waals surface area contributed by atoms with Crippen LogP contribution in [0.3, 0.4) is 0 Å². The van der Waals surface area contributed by atoms with E-state index in [-0.39, 0.29) is 50.8 Å². The second kappa shape index (κ2) is 12.8. The van der Waals surface area contributed by atoms with Crippen molar-refractivity contribution >= 4 is 49.7 Å². The number of hydrogen-bond donors (Lipinski definition) is 4. The van der Waals surface area contributed by atoms with Crippen molar-refractivity contribution in [3.8, 4) is 0 Å². The van der Waals surface area contributed by atoms with Crippen LogP contribution < -0.4 is 11.5 Å². The molecule has 0 aliphatic rings. The molecule has 0 aliphatic carbocycles. The average Bonchev–Trinajstić information content (AvgIpc) is 1.89. The van der Waals surface area contributed by atoms with E-state index in [0.717, 1.165) is 0 Å². The summed E-state index contributed by atoms with van der Waals surface area (Å²) in [5, 5.41) is 15.2. The van der Waals surface area contributed by atoms with Gasteiger partial charge >= 0.3 is 11.9 Å². The van der Waals surface area contributed by atoms with E-state index in [9.17, 15) is 9.59 Å². The minimum absolute atomic E-state index is 0. The molecule has 0 aromatic carbocycles. The first-order chi connectivity index (χ1) is 4.54. The van der Waals surface area contributed by atoms with Gasteiger partial charge in [0.05, 0.1) is 13.1 Å². The quantitative estimate of drug-likeness (QED) is 0.362. The third-order valence-electron chi connectivity index (χ3n) is 0.349. The van der Waals surface area contributed by atoms with Crippen molar-refractivity contribution in [3.63, 3.8) is 0 Å². The van der Waals surface area contributed by atoms with Gasteiger partial charge in [-0.2, -0.15) is 0 Å². The van der Waals surface area contributed by atoms with Crippen LogP contribution in [0.5, 0.6) is 0 Å². The standard InChI is InChI=1S/2C2H5NO2.Ca/c2*3-1-2(4)5;/h2*1,3H2,(H,4,5);. The van der Waals surface area contributed by atoms with Crippen LogP contribution >= 0.6 is 0 Å². The van der Waals surface area contributed by atoms with Crippen molar-refractivity contribution in [1.82, 2.24) is 0 Å². The van der Waals surface area contributed by atoms with Crippen molar-refractivity contribution in [2.24, 2.45) is 11.5 Å². The molecule has 0 bridgehead atoms. The minimum Gasteiger partial charge on any atom is -0.480 e. The first-order valence-electron chi connectivity index (χ1n) is 2.38. The van der Waals surface area contributed by atoms with Crippen LogP contribution in [0, 0.1) is 0 Å². The van der Waals surface area contributed by atoms with Gasteiger partial charge in [-0.1, -0.05) is 0 Å². The molecule has 62 valence electrons. The van der Waals surface area contributed by atoms with Crippen LogP contribution in [0.25, 0.3) is 0 Å². The summed E-state index contributed by atoms with van der Waals surface area (Å²) in [5.74, 6) is -1.94. The van der Waals surface area contributed by atoms with Crippen molar-refractivity contribution in [2.45, 2.75) is 0 Å².